The van der Waals surface area contributed by atoms with Crippen molar-refractivity contribution in [2.45, 2.75) is 20.8 Å². The molecule has 0 aromatic heterocycles. The Morgan fingerprint density at radius 1 is 1.19 bits per heavy atom. The smallest absolute Gasteiger partial charge is 0.255 e. The molecular formula is C20H20F2N2O3. The Morgan fingerprint density at radius 2 is 1.93 bits per heavy atom. The van der Waals surface area contributed by atoms with Gasteiger partial charge in [0.1, 0.15) is 12.4 Å². The zero-order valence-corrected chi connectivity index (χ0v) is 15.3. The number of hydrogen-bond acceptors (Lipinski definition) is 3. The molecule has 0 saturated heterocycles. The van der Waals surface area contributed by atoms with Crippen LogP contribution in [0.4, 0.5) is 20.2 Å². The molecule has 1 aliphatic rings. The Kier molecular flexibility index (Phi) is 4.87. The van der Waals surface area contributed by atoms with Crippen LogP contribution in [0.3, 0.4) is 0 Å². The SMILES string of the molecule is CCN1C(=O)C(C)(C)COc2cc(NC(=O)c3ccc(F)c(F)c3)ccc21. The van der Waals surface area contributed by atoms with Gasteiger partial charge in [-0.2, -0.15) is 0 Å². The number of nitrogens with one attached hydrogen (secondary N) is 1. The van der Waals surface area contributed by atoms with Crippen molar-refractivity contribution in [2.24, 2.45) is 5.41 Å². The molecule has 0 spiro atoms. The monoisotopic (exact) mass is 374 g/mol. The first-order chi connectivity index (χ1) is 12.7. The minimum atomic E-state index is -1.09. The molecule has 27 heavy (non-hydrogen) atoms. The average molecular weight is 374 g/mol. The quantitative estimate of drug-likeness (QED) is 0.884. The van der Waals surface area contributed by atoms with Gasteiger partial charge in [-0.05, 0) is 51.1 Å². The Morgan fingerprint density at radius 3 is 2.59 bits per heavy atom. The Bertz CT molecular complexity index is 912. The van der Waals surface area contributed by atoms with Crippen LogP contribution in [-0.4, -0.2) is 25.0 Å². The van der Waals surface area contributed by atoms with Gasteiger partial charge in [-0.25, -0.2) is 8.78 Å². The minimum absolute atomic E-state index is 0.00347. The first-order valence-electron chi connectivity index (χ1n) is 8.58. The molecule has 7 heteroatoms. The second kappa shape index (κ2) is 6.98. The summed E-state index contributed by atoms with van der Waals surface area (Å²) in [5, 5.41) is 2.63. The molecule has 3 rings (SSSR count). The minimum Gasteiger partial charge on any atom is -0.490 e. The van der Waals surface area contributed by atoms with Crippen molar-refractivity contribution in [3.63, 3.8) is 0 Å². The number of rotatable bonds is 3. The van der Waals surface area contributed by atoms with E-state index >= 15 is 0 Å². The van der Waals surface area contributed by atoms with Crippen molar-refractivity contribution in [2.75, 3.05) is 23.4 Å². The Balaban J connectivity index is 1.88. The molecule has 1 heterocycles. The van der Waals surface area contributed by atoms with E-state index in [2.05, 4.69) is 5.32 Å². The van der Waals surface area contributed by atoms with Crippen molar-refractivity contribution in [1.82, 2.24) is 0 Å². The molecule has 1 aliphatic heterocycles. The number of carbonyl (C=O) groups excluding carboxylic acids is 2. The van der Waals surface area contributed by atoms with Gasteiger partial charge in [0.15, 0.2) is 11.6 Å². The summed E-state index contributed by atoms with van der Waals surface area (Å²) in [5.41, 5.74) is 0.367. The van der Waals surface area contributed by atoms with Crippen molar-refractivity contribution >= 4 is 23.2 Å². The topological polar surface area (TPSA) is 58.6 Å². The van der Waals surface area contributed by atoms with Gasteiger partial charge >= 0.3 is 0 Å². The molecule has 0 unspecified atom stereocenters. The first kappa shape index (κ1) is 18.8. The summed E-state index contributed by atoms with van der Waals surface area (Å²) in [4.78, 5) is 26.6. The molecular weight excluding hydrogens is 354 g/mol. The number of fused-ring (bicyclic) bond motifs is 1. The molecule has 5 nitrogen and oxygen atoms in total. The maximum atomic E-state index is 13.3. The van der Waals surface area contributed by atoms with Gasteiger partial charge in [0.2, 0.25) is 5.91 Å². The van der Waals surface area contributed by atoms with E-state index < -0.39 is 23.0 Å². The molecule has 0 atom stereocenters. The third kappa shape index (κ3) is 3.63. The van der Waals surface area contributed by atoms with E-state index in [-0.39, 0.29) is 18.1 Å². The number of nitrogens with zero attached hydrogens (tertiary/aromatic N) is 1. The number of carbonyl (C=O) groups is 2. The molecule has 0 bridgehead atoms. The number of amides is 2. The lowest BCUT2D eigenvalue weighted by molar-refractivity contribution is -0.127. The van der Waals surface area contributed by atoms with Crippen LogP contribution in [0.15, 0.2) is 36.4 Å². The van der Waals surface area contributed by atoms with Crippen LogP contribution in [0, 0.1) is 17.0 Å². The largest absolute Gasteiger partial charge is 0.490 e. The lowest BCUT2D eigenvalue weighted by Gasteiger charge is -2.26. The van der Waals surface area contributed by atoms with Gasteiger partial charge in [0, 0.05) is 23.9 Å². The average Bonchev–Trinajstić information content (AvgIpc) is 2.72. The summed E-state index contributed by atoms with van der Waals surface area (Å²) in [5.74, 6) is -2.25. The van der Waals surface area contributed by atoms with E-state index in [1.807, 2.05) is 20.8 Å². The molecule has 2 aromatic carbocycles. The number of benzene rings is 2. The van der Waals surface area contributed by atoms with Gasteiger partial charge in [0.05, 0.1) is 11.1 Å². The molecule has 0 radical (unpaired) electrons. The van der Waals surface area contributed by atoms with E-state index in [4.69, 9.17) is 4.74 Å². The first-order valence-corrected chi connectivity index (χ1v) is 8.58. The van der Waals surface area contributed by atoms with Crippen LogP contribution in [-0.2, 0) is 4.79 Å². The van der Waals surface area contributed by atoms with Crippen LogP contribution in [0.25, 0.3) is 0 Å². The predicted octanol–water partition coefficient (Wildman–Crippen LogP) is 3.99. The highest BCUT2D eigenvalue weighted by atomic mass is 19.2. The van der Waals surface area contributed by atoms with Gasteiger partial charge in [-0.15, -0.1) is 0 Å². The summed E-state index contributed by atoms with van der Waals surface area (Å²) in [6.07, 6.45) is 0. The standard InChI is InChI=1S/C20H20F2N2O3/c1-4-24-16-8-6-13(10-17(16)27-11-20(2,3)19(24)26)23-18(25)12-5-7-14(21)15(22)9-12/h5-10H,4,11H2,1-3H3,(H,23,25). The van der Waals surface area contributed by atoms with Gasteiger partial charge in [0.25, 0.3) is 5.91 Å². The number of anilines is 2. The highest BCUT2D eigenvalue weighted by molar-refractivity contribution is 6.05. The third-order valence-electron chi connectivity index (χ3n) is 4.42. The Hall–Kier alpha value is -2.96. The fourth-order valence-electron chi connectivity index (χ4n) is 2.88. The van der Waals surface area contributed by atoms with Crippen LogP contribution < -0.4 is 15.0 Å². The summed E-state index contributed by atoms with van der Waals surface area (Å²) >= 11 is 0. The van der Waals surface area contributed by atoms with E-state index in [9.17, 15) is 18.4 Å². The lowest BCUT2D eigenvalue weighted by atomic mass is 9.93. The van der Waals surface area contributed by atoms with Crippen LogP contribution >= 0.6 is 0 Å². The molecule has 142 valence electrons. The highest BCUT2D eigenvalue weighted by Crippen LogP contribution is 2.38. The van der Waals surface area contributed by atoms with Crippen LogP contribution in [0.1, 0.15) is 31.1 Å². The fraction of sp³-hybridized carbons (Fsp3) is 0.300. The van der Waals surface area contributed by atoms with Crippen molar-refractivity contribution in [1.29, 1.82) is 0 Å². The van der Waals surface area contributed by atoms with E-state index in [0.29, 0.717) is 23.7 Å². The zero-order valence-electron chi connectivity index (χ0n) is 15.3. The molecule has 0 saturated carbocycles. The third-order valence-corrected chi connectivity index (χ3v) is 4.42. The highest BCUT2D eigenvalue weighted by Gasteiger charge is 2.37. The van der Waals surface area contributed by atoms with Crippen molar-refractivity contribution < 1.29 is 23.1 Å². The lowest BCUT2D eigenvalue weighted by Crippen LogP contribution is -2.42. The van der Waals surface area contributed by atoms with Crippen molar-refractivity contribution in [3.8, 4) is 5.75 Å². The summed E-state index contributed by atoms with van der Waals surface area (Å²) in [6.45, 7) is 6.20. The number of ether oxygens (including phenoxy) is 1. The second-order valence-electron chi connectivity index (χ2n) is 6.99. The van der Waals surface area contributed by atoms with E-state index in [0.717, 1.165) is 12.1 Å². The van der Waals surface area contributed by atoms with E-state index in [1.54, 1.807) is 23.1 Å². The zero-order chi connectivity index (χ0) is 19.8. The maximum Gasteiger partial charge on any atom is 0.255 e. The summed E-state index contributed by atoms with van der Waals surface area (Å²) in [6, 6.07) is 7.88. The molecule has 0 fully saturated rings. The molecule has 1 N–H and O–H groups in total. The molecule has 2 amide bonds. The fourth-order valence-corrected chi connectivity index (χ4v) is 2.88. The normalized spacial score (nSPS) is 15.6. The van der Waals surface area contributed by atoms with Gasteiger partial charge in [-0.3, -0.25) is 9.59 Å². The Labute approximate surface area is 155 Å². The summed E-state index contributed by atoms with van der Waals surface area (Å²) < 4.78 is 32.2. The molecule has 0 aliphatic carbocycles. The number of halogens is 2. The van der Waals surface area contributed by atoms with E-state index in [1.165, 1.54) is 6.07 Å². The van der Waals surface area contributed by atoms with Crippen LogP contribution in [0.2, 0.25) is 0 Å². The van der Waals surface area contributed by atoms with Crippen molar-refractivity contribution in [3.05, 3.63) is 53.6 Å². The van der Waals surface area contributed by atoms with Gasteiger partial charge < -0.3 is 15.0 Å². The predicted molar refractivity (Wildman–Crippen MR) is 98.1 cm³/mol. The second-order valence-corrected chi connectivity index (χ2v) is 6.99. The number of hydrogen-bond donors (Lipinski definition) is 1. The van der Waals surface area contributed by atoms with Crippen LogP contribution in [0.5, 0.6) is 5.75 Å². The van der Waals surface area contributed by atoms with Gasteiger partial charge in [-0.1, -0.05) is 0 Å². The molecule has 2 aromatic rings. The summed E-state index contributed by atoms with van der Waals surface area (Å²) in [7, 11) is 0. The maximum absolute atomic E-state index is 13.3.